The van der Waals surface area contributed by atoms with Gasteiger partial charge in [-0.05, 0) is 31.0 Å². The average Bonchev–Trinajstić information content (AvgIpc) is 3.56. The number of halogens is 7. The highest BCUT2D eigenvalue weighted by Gasteiger charge is 2.33. The zero-order valence-electron chi connectivity index (χ0n) is 20.4. The Kier molecular flexibility index (Phi) is 8.41. The Hall–Kier alpha value is -2.31. The SMILES string of the molecule is O=C(Cn1cc(C(F)(F)F)cc(Cl)c1=O)N1CCC(c2nc(C3=NOC(c4c(Cl)cc(Cl)cc4Cl)C3)cs2)CC1. The highest BCUT2D eigenvalue weighted by Crippen LogP contribution is 2.40. The molecular weight excluding hydrogens is 635 g/mol. The number of pyridine rings is 1. The molecule has 2 aromatic heterocycles. The minimum absolute atomic E-state index is 0.0902. The summed E-state index contributed by atoms with van der Waals surface area (Å²) in [5.41, 5.74) is 0.00467. The monoisotopic (exact) mass is 652 g/mol. The van der Waals surface area contributed by atoms with Crippen LogP contribution in [0.2, 0.25) is 20.1 Å². The number of aromatic nitrogens is 2. The van der Waals surface area contributed by atoms with E-state index >= 15 is 0 Å². The van der Waals surface area contributed by atoms with Gasteiger partial charge in [-0.15, -0.1) is 11.3 Å². The van der Waals surface area contributed by atoms with Crippen LogP contribution in [0.1, 0.15) is 53.1 Å². The van der Waals surface area contributed by atoms with Gasteiger partial charge in [0.2, 0.25) is 5.91 Å². The average molecular weight is 654 g/mol. The van der Waals surface area contributed by atoms with Crippen molar-refractivity contribution < 1.29 is 22.8 Å². The van der Waals surface area contributed by atoms with Gasteiger partial charge >= 0.3 is 6.18 Å². The number of likely N-dealkylation sites (tertiary alicyclic amines) is 1. The molecule has 212 valence electrons. The lowest BCUT2D eigenvalue weighted by Gasteiger charge is -2.31. The number of nitrogens with zero attached hydrogens (tertiary/aromatic N) is 4. The van der Waals surface area contributed by atoms with Crippen molar-refractivity contribution in [3.8, 4) is 0 Å². The van der Waals surface area contributed by atoms with Crippen molar-refractivity contribution in [2.24, 2.45) is 5.16 Å². The first-order valence-electron chi connectivity index (χ1n) is 12.0. The molecule has 0 spiro atoms. The van der Waals surface area contributed by atoms with Gasteiger partial charge in [0.1, 0.15) is 17.3 Å². The molecule has 7 nitrogen and oxygen atoms in total. The fourth-order valence-electron chi connectivity index (χ4n) is 4.65. The zero-order valence-corrected chi connectivity index (χ0v) is 24.2. The van der Waals surface area contributed by atoms with Crippen LogP contribution in [0.3, 0.4) is 0 Å². The van der Waals surface area contributed by atoms with E-state index in [2.05, 4.69) is 5.16 Å². The van der Waals surface area contributed by atoms with Crippen LogP contribution in [0.15, 0.2) is 39.7 Å². The van der Waals surface area contributed by atoms with Crippen molar-refractivity contribution in [3.05, 3.63) is 82.0 Å². The maximum atomic E-state index is 13.1. The highest BCUT2D eigenvalue weighted by molar-refractivity contribution is 7.10. The van der Waals surface area contributed by atoms with E-state index in [0.29, 0.717) is 81.2 Å². The van der Waals surface area contributed by atoms with Crippen LogP contribution in [0, 0.1) is 0 Å². The number of thiazole rings is 1. The van der Waals surface area contributed by atoms with Gasteiger partial charge in [0.25, 0.3) is 5.56 Å². The van der Waals surface area contributed by atoms with E-state index in [0.717, 1.165) is 5.01 Å². The van der Waals surface area contributed by atoms with E-state index in [9.17, 15) is 22.8 Å². The maximum Gasteiger partial charge on any atom is 0.417 e. The van der Waals surface area contributed by atoms with Crippen LogP contribution in [0.25, 0.3) is 0 Å². The van der Waals surface area contributed by atoms with Crippen molar-refractivity contribution in [2.45, 2.75) is 44.0 Å². The lowest BCUT2D eigenvalue weighted by Crippen LogP contribution is -2.41. The summed E-state index contributed by atoms with van der Waals surface area (Å²) < 4.78 is 40.0. The molecule has 2 aliphatic rings. The summed E-state index contributed by atoms with van der Waals surface area (Å²) in [5, 5.41) is 7.57. The van der Waals surface area contributed by atoms with Crippen LogP contribution in [-0.4, -0.2) is 39.2 Å². The Morgan fingerprint density at radius 2 is 1.75 bits per heavy atom. The lowest BCUT2D eigenvalue weighted by molar-refractivity contribution is -0.139. The summed E-state index contributed by atoms with van der Waals surface area (Å²) in [6, 6.07) is 3.75. The summed E-state index contributed by atoms with van der Waals surface area (Å²) in [6.07, 6.45) is -2.90. The second-order valence-corrected chi connectivity index (χ2v) is 11.9. The fourth-order valence-corrected chi connectivity index (χ4v) is 6.93. The molecule has 0 saturated carbocycles. The highest BCUT2D eigenvalue weighted by atomic mass is 35.5. The Bertz CT molecular complexity index is 1530. The van der Waals surface area contributed by atoms with E-state index in [1.807, 2.05) is 5.38 Å². The second kappa shape index (κ2) is 11.5. The molecule has 1 aromatic carbocycles. The van der Waals surface area contributed by atoms with Crippen LogP contribution in [0.4, 0.5) is 13.2 Å². The van der Waals surface area contributed by atoms with Crippen LogP contribution in [0.5, 0.6) is 0 Å². The summed E-state index contributed by atoms with van der Waals surface area (Å²) in [6.45, 7) is 0.219. The quantitative estimate of drug-likeness (QED) is 0.292. The van der Waals surface area contributed by atoms with Gasteiger partial charge in [-0.1, -0.05) is 51.6 Å². The minimum atomic E-state index is -4.69. The number of carbonyl (C=O) groups excluding carboxylic acids is 1. The second-order valence-electron chi connectivity index (χ2n) is 9.35. The molecule has 1 saturated heterocycles. The fraction of sp³-hybridized carbons (Fsp3) is 0.360. The normalized spacial score (nSPS) is 18.1. The molecule has 1 unspecified atom stereocenters. The topological polar surface area (TPSA) is 76.8 Å². The standard InChI is InChI=1S/C25H19Cl4F3N4O3S/c26-14-6-15(27)22(16(28)7-14)20-8-18(34-39-20)19-11-40-23(33-19)12-1-3-35(4-2-12)21(37)10-36-9-13(25(30,31)32)5-17(29)24(36)38/h5-7,9,11-12,20H,1-4,8,10H2. The Morgan fingerprint density at radius 3 is 2.40 bits per heavy atom. The number of rotatable bonds is 5. The Morgan fingerprint density at radius 1 is 1.07 bits per heavy atom. The van der Waals surface area contributed by atoms with E-state index < -0.39 is 40.9 Å². The first-order chi connectivity index (χ1) is 18.9. The molecule has 0 radical (unpaired) electrons. The van der Waals surface area contributed by atoms with Crippen molar-refractivity contribution in [2.75, 3.05) is 13.1 Å². The maximum absolute atomic E-state index is 13.1. The summed E-state index contributed by atoms with van der Waals surface area (Å²) in [4.78, 5) is 36.9. The van der Waals surface area contributed by atoms with Crippen LogP contribution >= 0.6 is 57.7 Å². The summed E-state index contributed by atoms with van der Waals surface area (Å²) >= 11 is 25.8. The number of amides is 1. The Balaban J connectivity index is 1.19. The van der Waals surface area contributed by atoms with E-state index in [1.165, 1.54) is 16.2 Å². The smallest absolute Gasteiger partial charge is 0.387 e. The molecule has 15 heteroatoms. The molecule has 4 heterocycles. The minimum Gasteiger partial charge on any atom is -0.387 e. The number of hydrogen-bond donors (Lipinski definition) is 0. The van der Waals surface area contributed by atoms with Gasteiger partial charge in [-0.25, -0.2) is 4.98 Å². The largest absolute Gasteiger partial charge is 0.417 e. The summed E-state index contributed by atoms with van der Waals surface area (Å²) in [5.74, 6) is -0.369. The number of hydrogen-bond acceptors (Lipinski definition) is 6. The number of oxime groups is 1. The first kappa shape index (κ1) is 29.2. The van der Waals surface area contributed by atoms with Crippen molar-refractivity contribution in [3.63, 3.8) is 0 Å². The third kappa shape index (κ3) is 6.13. The Labute approximate surface area is 250 Å². The molecule has 2 aliphatic heterocycles. The van der Waals surface area contributed by atoms with Crippen molar-refractivity contribution >= 4 is 69.4 Å². The number of alkyl halides is 3. The first-order valence-corrected chi connectivity index (χ1v) is 14.4. The van der Waals surface area contributed by atoms with Gasteiger partial charge in [-0.3, -0.25) is 9.59 Å². The molecule has 3 aromatic rings. The molecule has 40 heavy (non-hydrogen) atoms. The van der Waals surface area contributed by atoms with Gasteiger partial charge in [0, 0.05) is 47.6 Å². The van der Waals surface area contributed by atoms with E-state index in [-0.39, 0.29) is 5.92 Å². The zero-order chi connectivity index (χ0) is 28.8. The molecular formula is C25H19Cl4F3N4O3S. The summed E-state index contributed by atoms with van der Waals surface area (Å²) in [7, 11) is 0. The number of piperidine rings is 1. The lowest BCUT2D eigenvalue weighted by atomic mass is 9.97. The van der Waals surface area contributed by atoms with Gasteiger partial charge in [0.15, 0.2) is 6.10 Å². The predicted octanol–water partition coefficient (Wildman–Crippen LogP) is 7.21. The van der Waals surface area contributed by atoms with Crippen LogP contribution in [-0.2, 0) is 22.4 Å². The third-order valence-electron chi connectivity index (χ3n) is 6.72. The molecule has 0 N–H and O–H groups in total. The molecule has 0 bridgehead atoms. The van der Waals surface area contributed by atoms with Crippen LogP contribution < -0.4 is 5.56 Å². The molecule has 1 fully saturated rings. The van der Waals surface area contributed by atoms with Gasteiger partial charge < -0.3 is 14.3 Å². The number of carbonyl (C=O) groups is 1. The molecule has 1 amide bonds. The molecule has 1 atom stereocenters. The van der Waals surface area contributed by atoms with E-state index in [4.69, 9.17) is 56.2 Å². The number of benzene rings is 1. The van der Waals surface area contributed by atoms with Gasteiger partial charge in [0.05, 0.1) is 26.3 Å². The van der Waals surface area contributed by atoms with Crippen molar-refractivity contribution in [1.82, 2.24) is 14.5 Å². The molecule has 0 aliphatic carbocycles. The molecule has 5 rings (SSSR count). The van der Waals surface area contributed by atoms with Crippen molar-refractivity contribution in [1.29, 1.82) is 0 Å². The van der Waals surface area contributed by atoms with Gasteiger partial charge in [-0.2, -0.15) is 13.2 Å². The predicted molar refractivity (Wildman–Crippen MR) is 148 cm³/mol. The third-order valence-corrected chi connectivity index (χ3v) is 8.85. The van der Waals surface area contributed by atoms with E-state index in [1.54, 1.807) is 12.1 Å².